The van der Waals surface area contributed by atoms with Crippen molar-refractivity contribution in [3.05, 3.63) is 29.8 Å². The van der Waals surface area contributed by atoms with Crippen LogP contribution in [0.15, 0.2) is 29.3 Å². The van der Waals surface area contributed by atoms with Crippen LogP contribution in [0.2, 0.25) is 0 Å². The third kappa shape index (κ3) is 5.16. The molecule has 0 spiro atoms. The minimum absolute atomic E-state index is 0.00302. The van der Waals surface area contributed by atoms with Crippen molar-refractivity contribution in [3.63, 3.8) is 0 Å². The number of para-hydroxylation sites is 1. The van der Waals surface area contributed by atoms with Gasteiger partial charge in [-0.15, -0.1) is 0 Å². The van der Waals surface area contributed by atoms with E-state index < -0.39 is 0 Å². The Balaban J connectivity index is 1.74. The number of carbonyl (C=O) groups is 1. The molecule has 28 heavy (non-hydrogen) atoms. The fourth-order valence-electron chi connectivity index (χ4n) is 3.61. The fraction of sp³-hybridized carbons (Fsp3) is 0.619. The summed E-state index contributed by atoms with van der Waals surface area (Å²) in [6.07, 6.45) is 1.95. The van der Waals surface area contributed by atoms with Gasteiger partial charge in [-0.05, 0) is 19.4 Å². The van der Waals surface area contributed by atoms with Gasteiger partial charge in [-0.3, -0.25) is 4.79 Å². The number of nitrogens with zero attached hydrogens (tertiary/aromatic N) is 3. The summed E-state index contributed by atoms with van der Waals surface area (Å²) in [6, 6.07) is 8.25. The van der Waals surface area contributed by atoms with Gasteiger partial charge in [0.15, 0.2) is 5.96 Å². The first-order valence-corrected chi connectivity index (χ1v) is 10.1. The first-order chi connectivity index (χ1) is 13.6. The van der Waals surface area contributed by atoms with Crippen molar-refractivity contribution in [2.24, 2.45) is 10.9 Å². The average Bonchev–Trinajstić information content (AvgIpc) is 3.18. The van der Waals surface area contributed by atoms with Crippen molar-refractivity contribution in [3.8, 4) is 5.75 Å². The number of likely N-dealkylation sites (tertiary alicyclic amines) is 1. The molecule has 1 amide bonds. The van der Waals surface area contributed by atoms with E-state index in [0.717, 1.165) is 56.4 Å². The lowest BCUT2D eigenvalue weighted by Gasteiger charge is -2.31. The zero-order valence-electron chi connectivity index (χ0n) is 17.2. The molecule has 1 saturated heterocycles. The number of fused-ring (bicyclic) bond motifs is 1. The monoisotopic (exact) mass is 388 g/mol. The number of benzene rings is 1. The maximum Gasteiger partial charge on any atom is 0.243 e. The van der Waals surface area contributed by atoms with Crippen molar-refractivity contribution < 1.29 is 14.3 Å². The number of carbonyl (C=O) groups excluding carboxylic acids is 1. The van der Waals surface area contributed by atoms with E-state index in [-0.39, 0.29) is 18.5 Å². The topological polar surface area (TPSA) is 66.4 Å². The van der Waals surface area contributed by atoms with Crippen LogP contribution >= 0.6 is 0 Å². The standard InChI is InChI=1S/C21H32N4O3/c1-4-27-15-16-9-11-25(14-16)21(22-13-20(26)24(2)3)23-18-10-12-28-19-8-6-5-7-17(18)19/h5-8,16,18H,4,9-15H2,1-3H3,(H,22,23). The van der Waals surface area contributed by atoms with Crippen molar-refractivity contribution in [2.75, 3.05) is 53.6 Å². The second kappa shape index (κ2) is 9.78. The van der Waals surface area contributed by atoms with Crippen molar-refractivity contribution >= 4 is 11.9 Å². The second-order valence-electron chi connectivity index (χ2n) is 7.56. The number of ether oxygens (including phenoxy) is 2. The van der Waals surface area contributed by atoms with Gasteiger partial charge in [-0.25, -0.2) is 4.99 Å². The van der Waals surface area contributed by atoms with Crippen molar-refractivity contribution in [2.45, 2.75) is 25.8 Å². The Morgan fingerprint density at radius 3 is 2.96 bits per heavy atom. The molecule has 2 aliphatic rings. The lowest BCUT2D eigenvalue weighted by atomic mass is 10.0. The van der Waals surface area contributed by atoms with E-state index in [0.29, 0.717) is 12.5 Å². The van der Waals surface area contributed by atoms with Gasteiger partial charge in [0.1, 0.15) is 12.3 Å². The molecular formula is C21H32N4O3. The number of rotatable bonds is 6. The molecule has 0 saturated carbocycles. The van der Waals surface area contributed by atoms with Gasteiger partial charge in [-0.1, -0.05) is 18.2 Å². The van der Waals surface area contributed by atoms with E-state index in [1.807, 2.05) is 25.1 Å². The highest BCUT2D eigenvalue weighted by atomic mass is 16.5. The molecule has 1 aromatic carbocycles. The Morgan fingerprint density at radius 2 is 2.18 bits per heavy atom. The van der Waals surface area contributed by atoms with Crippen LogP contribution in [0, 0.1) is 5.92 Å². The number of amides is 1. The molecule has 0 bridgehead atoms. The molecule has 0 aromatic heterocycles. The number of aliphatic imine (C=N–C) groups is 1. The number of nitrogens with one attached hydrogen (secondary N) is 1. The maximum atomic E-state index is 12.1. The predicted molar refractivity (Wildman–Crippen MR) is 110 cm³/mol. The lowest BCUT2D eigenvalue weighted by molar-refractivity contribution is -0.127. The summed E-state index contributed by atoms with van der Waals surface area (Å²) in [7, 11) is 3.52. The molecule has 1 fully saturated rings. The SMILES string of the molecule is CCOCC1CCN(C(=NCC(=O)N(C)C)NC2CCOc3ccccc32)C1. The molecule has 7 heteroatoms. The highest BCUT2D eigenvalue weighted by Crippen LogP contribution is 2.32. The van der Waals surface area contributed by atoms with Gasteiger partial charge in [0, 0.05) is 51.7 Å². The van der Waals surface area contributed by atoms with Gasteiger partial charge in [0.05, 0.1) is 19.3 Å². The fourth-order valence-corrected chi connectivity index (χ4v) is 3.61. The van der Waals surface area contributed by atoms with Crippen LogP contribution in [0.1, 0.15) is 31.4 Å². The highest BCUT2D eigenvalue weighted by Gasteiger charge is 2.28. The molecule has 2 heterocycles. The van der Waals surface area contributed by atoms with E-state index in [4.69, 9.17) is 9.47 Å². The van der Waals surface area contributed by atoms with E-state index in [2.05, 4.69) is 21.3 Å². The van der Waals surface area contributed by atoms with E-state index in [1.54, 1.807) is 19.0 Å². The summed E-state index contributed by atoms with van der Waals surface area (Å²) in [4.78, 5) is 20.6. The minimum Gasteiger partial charge on any atom is -0.493 e. The Bertz CT molecular complexity index is 692. The third-order valence-corrected chi connectivity index (χ3v) is 5.27. The Hall–Kier alpha value is -2.28. The zero-order valence-corrected chi connectivity index (χ0v) is 17.2. The average molecular weight is 389 g/mol. The van der Waals surface area contributed by atoms with Gasteiger partial charge in [0.25, 0.3) is 0 Å². The summed E-state index contributed by atoms with van der Waals surface area (Å²) in [6.45, 7) is 6.18. The second-order valence-corrected chi connectivity index (χ2v) is 7.56. The number of hydrogen-bond donors (Lipinski definition) is 1. The number of guanidine groups is 1. The summed E-state index contributed by atoms with van der Waals surface area (Å²) in [5.41, 5.74) is 1.14. The molecule has 2 aliphatic heterocycles. The molecule has 1 aromatic rings. The summed E-state index contributed by atoms with van der Waals surface area (Å²) in [5.74, 6) is 2.22. The molecule has 2 atom stereocenters. The molecule has 0 aliphatic carbocycles. The molecule has 0 radical (unpaired) electrons. The molecule has 1 N–H and O–H groups in total. The van der Waals surface area contributed by atoms with Gasteiger partial charge >= 0.3 is 0 Å². The molecular weight excluding hydrogens is 356 g/mol. The third-order valence-electron chi connectivity index (χ3n) is 5.27. The quantitative estimate of drug-likeness (QED) is 0.596. The first kappa shape index (κ1) is 20.5. The lowest BCUT2D eigenvalue weighted by Crippen LogP contribution is -2.44. The highest BCUT2D eigenvalue weighted by molar-refractivity contribution is 5.85. The van der Waals surface area contributed by atoms with Crippen LogP contribution in [0.5, 0.6) is 5.75 Å². The van der Waals surface area contributed by atoms with Crippen LogP contribution in [-0.4, -0.2) is 75.2 Å². The number of likely N-dealkylation sites (N-methyl/N-ethyl adjacent to an activating group) is 1. The molecule has 3 rings (SSSR count). The summed E-state index contributed by atoms with van der Waals surface area (Å²) < 4.78 is 11.4. The smallest absolute Gasteiger partial charge is 0.243 e. The van der Waals surface area contributed by atoms with Crippen molar-refractivity contribution in [1.82, 2.24) is 15.1 Å². The maximum absolute atomic E-state index is 12.1. The van der Waals surface area contributed by atoms with Crippen molar-refractivity contribution in [1.29, 1.82) is 0 Å². The number of hydrogen-bond acceptors (Lipinski definition) is 4. The molecule has 7 nitrogen and oxygen atoms in total. The van der Waals surface area contributed by atoms with Gasteiger partial charge < -0.3 is 24.6 Å². The zero-order chi connectivity index (χ0) is 19.9. The van der Waals surface area contributed by atoms with Crippen LogP contribution in [-0.2, 0) is 9.53 Å². The van der Waals surface area contributed by atoms with Crippen LogP contribution < -0.4 is 10.1 Å². The molecule has 2 unspecified atom stereocenters. The Kier molecular flexibility index (Phi) is 7.14. The van der Waals surface area contributed by atoms with Gasteiger partial charge in [-0.2, -0.15) is 0 Å². The van der Waals surface area contributed by atoms with E-state index >= 15 is 0 Å². The van der Waals surface area contributed by atoms with E-state index in [9.17, 15) is 4.79 Å². The predicted octanol–water partition coefficient (Wildman–Crippen LogP) is 1.90. The normalized spacial score (nSPS) is 21.8. The largest absolute Gasteiger partial charge is 0.493 e. The Morgan fingerprint density at radius 1 is 1.36 bits per heavy atom. The first-order valence-electron chi connectivity index (χ1n) is 10.1. The van der Waals surface area contributed by atoms with Crippen LogP contribution in [0.25, 0.3) is 0 Å². The van der Waals surface area contributed by atoms with Gasteiger partial charge in [0.2, 0.25) is 5.91 Å². The summed E-state index contributed by atoms with van der Waals surface area (Å²) >= 11 is 0. The van der Waals surface area contributed by atoms with Crippen LogP contribution in [0.4, 0.5) is 0 Å². The molecule has 154 valence electrons. The minimum atomic E-state index is -0.00302. The Labute approximate surface area is 167 Å². The van der Waals surface area contributed by atoms with E-state index in [1.165, 1.54) is 0 Å². The summed E-state index contributed by atoms with van der Waals surface area (Å²) in [5, 5.41) is 3.61. The van der Waals surface area contributed by atoms with Crippen LogP contribution in [0.3, 0.4) is 0 Å².